The zero-order valence-electron chi connectivity index (χ0n) is 12.5. The van der Waals surface area contributed by atoms with Crippen LogP contribution in [0.5, 0.6) is 0 Å². The zero-order chi connectivity index (χ0) is 16.1. The second-order valence-electron chi connectivity index (χ2n) is 5.34. The Balaban J connectivity index is 1.85. The number of aliphatic hydroxyl groups excluding tert-OH is 1. The molecule has 1 aromatic carbocycles. The summed E-state index contributed by atoms with van der Waals surface area (Å²) in [6.45, 7) is 0.222. The molecule has 1 aromatic heterocycles. The van der Waals surface area contributed by atoms with Crippen molar-refractivity contribution in [2.45, 2.75) is 24.9 Å². The Bertz CT molecular complexity index is 687. The first-order valence-corrected chi connectivity index (χ1v) is 7.33. The Labute approximate surface area is 134 Å². The molecule has 23 heavy (non-hydrogen) atoms. The van der Waals surface area contributed by atoms with E-state index in [0.717, 1.165) is 5.56 Å². The van der Waals surface area contributed by atoms with Crippen molar-refractivity contribution in [3.05, 3.63) is 78.3 Å². The molecular weight excluding hydrogens is 294 g/mol. The van der Waals surface area contributed by atoms with Gasteiger partial charge >= 0.3 is 0 Å². The van der Waals surface area contributed by atoms with Crippen molar-refractivity contribution >= 4 is 5.78 Å². The second-order valence-corrected chi connectivity index (χ2v) is 5.34. The van der Waals surface area contributed by atoms with Crippen LogP contribution in [0, 0.1) is 0 Å². The topological polar surface area (TPSA) is 68.7 Å². The van der Waals surface area contributed by atoms with Crippen molar-refractivity contribution in [2.24, 2.45) is 0 Å². The minimum Gasteiger partial charge on any atom is -0.466 e. The molecule has 0 amide bonds. The molecule has 0 aliphatic carbocycles. The lowest BCUT2D eigenvalue weighted by molar-refractivity contribution is -0.270. The predicted molar refractivity (Wildman–Crippen MR) is 83.0 cm³/mol. The maximum Gasteiger partial charge on any atom is 0.247 e. The lowest BCUT2D eigenvalue weighted by Crippen LogP contribution is -2.44. The SMILES string of the molecule is O=C1C=COC(OCc2ccccc2)(C(O)c2cccnc2)C1. The number of aromatic nitrogens is 1. The average molecular weight is 311 g/mol. The first-order valence-electron chi connectivity index (χ1n) is 7.33. The van der Waals surface area contributed by atoms with Crippen LogP contribution in [0.25, 0.3) is 0 Å². The van der Waals surface area contributed by atoms with Gasteiger partial charge in [0, 0.05) is 24.0 Å². The molecule has 2 atom stereocenters. The van der Waals surface area contributed by atoms with E-state index in [1.807, 2.05) is 30.3 Å². The van der Waals surface area contributed by atoms with E-state index in [9.17, 15) is 9.90 Å². The Morgan fingerprint density at radius 1 is 1.26 bits per heavy atom. The summed E-state index contributed by atoms with van der Waals surface area (Å²) in [6.07, 6.45) is 4.56. The van der Waals surface area contributed by atoms with Crippen LogP contribution < -0.4 is 0 Å². The number of aliphatic hydroxyl groups is 1. The molecule has 0 radical (unpaired) electrons. The predicted octanol–water partition coefficient (Wildman–Crippen LogP) is 2.53. The molecule has 118 valence electrons. The number of carbonyl (C=O) groups excluding carboxylic acids is 1. The third kappa shape index (κ3) is 3.47. The molecule has 0 bridgehead atoms. The highest BCUT2D eigenvalue weighted by Crippen LogP contribution is 2.36. The lowest BCUT2D eigenvalue weighted by atomic mass is 9.96. The summed E-state index contributed by atoms with van der Waals surface area (Å²) in [5, 5.41) is 10.7. The number of pyridine rings is 1. The summed E-state index contributed by atoms with van der Waals surface area (Å²) in [5.74, 6) is -1.61. The number of hydrogen-bond acceptors (Lipinski definition) is 5. The molecule has 3 rings (SSSR count). The highest BCUT2D eigenvalue weighted by atomic mass is 16.7. The quantitative estimate of drug-likeness (QED) is 0.919. The molecule has 0 saturated carbocycles. The number of carbonyl (C=O) groups is 1. The van der Waals surface area contributed by atoms with Crippen LogP contribution in [0.15, 0.2) is 67.2 Å². The summed E-state index contributed by atoms with van der Waals surface area (Å²) < 4.78 is 11.4. The monoisotopic (exact) mass is 311 g/mol. The summed E-state index contributed by atoms with van der Waals surface area (Å²) >= 11 is 0. The van der Waals surface area contributed by atoms with E-state index in [4.69, 9.17) is 9.47 Å². The molecule has 0 fully saturated rings. The number of nitrogens with zero attached hydrogens (tertiary/aromatic N) is 1. The molecule has 2 aromatic rings. The molecular formula is C18H17NO4. The van der Waals surface area contributed by atoms with Gasteiger partial charge in [-0.15, -0.1) is 0 Å². The van der Waals surface area contributed by atoms with Gasteiger partial charge in [-0.25, -0.2) is 0 Å². The van der Waals surface area contributed by atoms with Gasteiger partial charge in [0.05, 0.1) is 19.3 Å². The van der Waals surface area contributed by atoms with Crippen molar-refractivity contribution in [1.29, 1.82) is 0 Å². The fraction of sp³-hybridized carbons (Fsp3) is 0.222. The summed E-state index contributed by atoms with van der Waals surface area (Å²) in [5.41, 5.74) is 1.46. The third-order valence-electron chi connectivity index (χ3n) is 3.68. The van der Waals surface area contributed by atoms with E-state index < -0.39 is 11.9 Å². The van der Waals surface area contributed by atoms with Crippen LogP contribution in [-0.2, 0) is 20.9 Å². The fourth-order valence-electron chi connectivity index (χ4n) is 2.47. The smallest absolute Gasteiger partial charge is 0.247 e. The first kappa shape index (κ1) is 15.4. The average Bonchev–Trinajstić information content (AvgIpc) is 2.61. The van der Waals surface area contributed by atoms with Gasteiger partial charge in [-0.1, -0.05) is 36.4 Å². The number of allylic oxidation sites excluding steroid dienone is 1. The Morgan fingerprint density at radius 2 is 2.09 bits per heavy atom. The van der Waals surface area contributed by atoms with Gasteiger partial charge in [0.15, 0.2) is 5.78 Å². The summed E-state index contributed by atoms with van der Waals surface area (Å²) in [4.78, 5) is 15.8. The summed E-state index contributed by atoms with van der Waals surface area (Å²) in [6, 6.07) is 13.0. The van der Waals surface area contributed by atoms with Gasteiger partial charge in [0.1, 0.15) is 6.10 Å². The van der Waals surface area contributed by atoms with Crippen molar-refractivity contribution in [3.63, 3.8) is 0 Å². The largest absolute Gasteiger partial charge is 0.466 e. The Morgan fingerprint density at radius 3 is 2.78 bits per heavy atom. The van der Waals surface area contributed by atoms with E-state index in [1.165, 1.54) is 18.5 Å². The molecule has 5 nitrogen and oxygen atoms in total. The van der Waals surface area contributed by atoms with E-state index >= 15 is 0 Å². The van der Waals surface area contributed by atoms with Gasteiger partial charge in [-0.2, -0.15) is 0 Å². The van der Waals surface area contributed by atoms with Crippen molar-refractivity contribution in [3.8, 4) is 0 Å². The highest BCUT2D eigenvalue weighted by Gasteiger charge is 2.45. The van der Waals surface area contributed by atoms with Crippen molar-refractivity contribution in [2.75, 3.05) is 0 Å². The Kier molecular flexibility index (Phi) is 4.50. The second kappa shape index (κ2) is 6.73. The van der Waals surface area contributed by atoms with Gasteiger partial charge in [0.25, 0.3) is 0 Å². The van der Waals surface area contributed by atoms with Crippen LogP contribution in [0.4, 0.5) is 0 Å². The number of rotatable bonds is 5. The summed E-state index contributed by atoms with van der Waals surface area (Å²) in [7, 11) is 0. The molecule has 1 N–H and O–H groups in total. The maximum atomic E-state index is 11.9. The van der Waals surface area contributed by atoms with E-state index in [-0.39, 0.29) is 18.8 Å². The van der Waals surface area contributed by atoms with E-state index in [2.05, 4.69) is 4.98 Å². The fourth-order valence-corrected chi connectivity index (χ4v) is 2.47. The molecule has 0 saturated heterocycles. The van der Waals surface area contributed by atoms with Crippen LogP contribution in [0.1, 0.15) is 23.7 Å². The Hall–Kier alpha value is -2.50. The van der Waals surface area contributed by atoms with Gasteiger partial charge < -0.3 is 14.6 Å². The molecule has 1 aliphatic rings. The number of ketones is 1. The number of ether oxygens (including phenoxy) is 2. The minimum atomic E-state index is -1.45. The first-order chi connectivity index (χ1) is 11.2. The van der Waals surface area contributed by atoms with Crippen molar-refractivity contribution < 1.29 is 19.4 Å². The lowest BCUT2D eigenvalue weighted by Gasteiger charge is -2.38. The normalized spacial score (nSPS) is 21.7. The maximum absolute atomic E-state index is 11.9. The van der Waals surface area contributed by atoms with Gasteiger partial charge in [-0.3, -0.25) is 9.78 Å². The van der Waals surface area contributed by atoms with Crippen LogP contribution in [0.3, 0.4) is 0 Å². The van der Waals surface area contributed by atoms with Gasteiger partial charge in [-0.05, 0) is 11.6 Å². The minimum absolute atomic E-state index is 0.0631. The van der Waals surface area contributed by atoms with E-state index in [0.29, 0.717) is 5.56 Å². The molecule has 2 unspecified atom stereocenters. The van der Waals surface area contributed by atoms with Crippen LogP contribution in [0.2, 0.25) is 0 Å². The number of benzene rings is 1. The van der Waals surface area contributed by atoms with Crippen LogP contribution >= 0.6 is 0 Å². The standard InChI is InChI=1S/C18H17NO4/c20-16-8-10-22-18(11-16,17(21)15-7-4-9-19-12-15)23-13-14-5-2-1-3-6-14/h1-10,12,17,21H,11,13H2. The highest BCUT2D eigenvalue weighted by molar-refractivity contribution is 5.90. The van der Waals surface area contributed by atoms with Crippen LogP contribution in [-0.4, -0.2) is 21.7 Å². The van der Waals surface area contributed by atoms with E-state index in [1.54, 1.807) is 18.3 Å². The molecule has 0 spiro atoms. The van der Waals surface area contributed by atoms with Crippen molar-refractivity contribution in [1.82, 2.24) is 4.98 Å². The molecule has 1 aliphatic heterocycles. The third-order valence-corrected chi connectivity index (χ3v) is 3.68. The van der Waals surface area contributed by atoms with Gasteiger partial charge in [0.2, 0.25) is 5.79 Å². The molecule has 2 heterocycles. The number of hydrogen-bond donors (Lipinski definition) is 1. The molecule has 5 heteroatoms. The zero-order valence-corrected chi connectivity index (χ0v) is 12.5.